The van der Waals surface area contributed by atoms with E-state index >= 15 is 0 Å². The number of benzene rings is 1. The molecular formula is C16H14BClF2N2. The van der Waals surface area contributed by atoms with Crippen LogP contribution in [-0.2, 0) is 0 Å². The second kappa shape index (κ2) is 5.40. The van der Waals surface area contributed by atoms with Crippen molar-refractivity contribution >= 4 is 41.6 Å². The second-order valence-corrected chi connectivity index (χ2v) is 5.84. The van der Waals surface area contributed by atoms with Gasteiger partial charge in [0.25, 0.3) is 0 Å². The number of aryl methyl sites for hydroxylation is 1. The van der Waals surface area contributed by atoms with Crippen molar-refractivity contribution < 1.29 is 8.63 Å². The van der Waals surface area contributed by atoms with E-state index in [-0.39, 0.29) is 5.15 Å². The van der Waals surface area contributed by atoms with E-state index in [1.807, 2.05) is 45.0 Å². The van der Waals surface area contributed by atoms with Crippen molar-refractivity contribution in [2.45, 2.75) is 20.8 Å². The summed E-state index contributed by atoms with van der Waals surface area (Å²) < 4.78 is 27.8. The smallest absolute Gasteiger partial charge is 0.315 e. The summed E-state index contributed by atoms with van der Waals surface area (Å²) in [5.74, 6) is 0. The quantitative estimate of drug-likeness (QED) is 0.682. The Labute approximate surface area is 133 Å². The molecule has 1 aromatic carbocycles. The average Bonchev–Trinajstić information content (AvgIpc) is 2.88. The van der Waals surface area contributed by atoms with Gasteiger partial charge in [-0.15, -0.1) is 0 Å². The first kappa shape index (κ1) is 15.0. The van der Waals surface area contributed by atoms with Crippen LogP contribution in [0, 0.1) is 6.92 Å². The minimum absolute atomic E-state index is 0.0564. The lowest BCUT2D eigenvalue weighted by Crippen LogP contribution is -2.14. The van der Waals surface area contributed by atoms with E-state index in [1.165, 1.54) is 0 Å². The molecular weight excluding hydrogens is 304 g/mol. The lowest BCUT2D eigenvalue weighted by atomic mass is 10.1. The summed E-state index contributed by atoms with van der Waals surface area (Å²) in [4.78, 5) is 4.38. The van der Waals surface area contributed by atoms with E-state index in [2.05, 4.69) is 4.99 Å². The van der Waals surface area contributed by atoms with E-state index in [4.69, 9.17) is 11.6 Å². The number of halogens is 3. The molecule has 22 heavy (non-hydrogen) atoms. The maximum Gasteiger partial charge on any atom is 0.678 e. The number of hydrogen-bond donors (Lipinski definition) is 0. The zero-order valence-corrected chi connectivity index (χ0v) is 13.2. The van der Waals surface area contributed by atoms with Gasteiger partial charge in [-0.25, -0.2) is 0 Å². The van der Waals surface area contributed by atoms with Gasteiger partial charge in [0.15, 0.2) is 0 Å². The Morgan fingerprint density at radius 1 is 1.18 bits per heavy atom. The first-order chi connectivity index (χ1) is 10.4. The van der Waals surface area contributed by atoms with Crippen molar-refractivity contribution in [1.82, 2.24) is 4.48 Å². The highest BCUT2D eigenvalue weighted by Gasteiger charge is 2.26. The number of nitrogens with zero attached hydrogens (tertiary/aromatic N) is 2. The summed E-state index contributed by atoms with van der Waals surface area (Å²) in [7, 11) is -2.71. The highest BCUT2D eigenvalue weighted by molar-refractivity contribution is 6.47. The highest BCUT2D eigenvalue weighted by Crippen LogP contribution is 2.34. The molecule has 0 N–H and O–H groups in total. The molecule has 0 amide bonds. The van der Waals surface area contributed by atoms with Crippen LogP contribution in [0.15, 0.2) is 40.5 Å². The predicted molar refractivity (Wildman–Crippen MR) is 89.9 cm³/mol. The third kappa shape index (κ3) is 2.39. The van der Waals surface area contributed by atoms with Gasteiger partial charge in [0.05, 0.1) is 5.70 Å². The van der Waals surface area contributed by atoms with Gasteiger partial charge in [0.1, 0.15) is 5.15 Å². The minimum atomic E-state index is -2.71. The molecule has 0 radical (unpaired) electrons. The van der Waals surface area contributed by atoms with Gasteiger partial charge in [-0.05, 0) is 44.6 Å². The van der Waals surface area contributed by atoms with Crippen molar-refractivity contribution in [2.75, 3.05) is 0 Å². The molecule has 1 aromatic heterocycles. The SMILES string of the molecule is CC1=CC(C)=N/C1=C\c1c2ccc(C)cc2c(Cl)n1B(F)F. The van der Waals surface area contributed by atoms with Crippen LogP contribution in [0.5, 0.6) is 0 Å². The van der Waals surface area contributed by atoms with Crippen molar-refractivity contribution in [3.05, 3.63) is 52.0 Å². The molecule has 0 saturated carbocycles. The monoisotopic (exact) mass is 318 g/mol. The van der Waals surface area contributed by atoms with Crippen LogP contribution in [0.4, 0.5) is 8.63 Å². The molecule has 0 unspecified atom stereocenters. The van der Waals surface area contributed by atoms with E-state index in [9.17, 15) is 8.63 Å². The highest BCUT2D eigenvalue weighted by atomic mass is 35.5. The molecule has 0 aliphatic carbocycles. The molecule has 2 aromatic rings. The Balaban J connectivity index is 2.31. The standard InChI is InChI=1S/C16H14BClF2N2/c1-9-4-5-12-13(6-9)16(18)22(17(19)20)15(12)8-14-10(2)7-11(3)21-14/h4-8H,1-3H3/b14-8-. The Morgan fingerprint density at radius 2 is 1.91 bits per heavy atom. The maximum atomic E-state index is 13.5. The molecule has 0 saturated heterocycles. The molecule has 2 nitrogen and oxygen atoms in total. The molecule has 1 aliphatic heterocycles. The van der Waals surface area contributed by atoms with Gasteiger partial charge in [-0.3, -0.25) is 13.6 Å². The lowest BCUT2D eigenvalue weighted by molar-refractivity contribution is 0.629. The molecule has 3 rings (SSSR count). The van der Waals surface area contributed by atoms with Crippen molar-refractivity contribution in [3.63, 3.8) is 0 Å². The van der Waals surface area contributed by atoms with Crippen LogP contribution >= 0.6 is 11.6 Å². The molecule has 112 valence electrons. The Hall–Kier alpha value is -1.88. The van der Waals surface area contributed by atoms with Gasteiger partial charge in [-0.1, -0.05) is 29.3 Å². The Kier molecular flexibility index (Phi) is 3.69. The molecule has 0 spiro atoms. The third-order valence-electron chi connectivity index (χ3n) is 3.74. The van der Waals surface area contributed by atoms with Crippen molar-refractivity contribution in [2.24, 2.45) is 4.99 Å². The Bertz CT molecular complexity index is 863. The zero-order valence-electron chi connectivity index (χ0n) is 12.5. The van der Waals surface area contributed by atoms with E-state index in [0.717, 1.165) is 21.3 Å². The number of aromatic nitrogens is 1. The van der Waals surface area contributed by atoms with Crippen LogP contribution in [0.1, 0.15) is 25.1 Å². The average molecular weight is 319 g/mol. The van der Waals surface area contributed by atoms with Crippen molar-refractivity contribution in [1.29, 1.82) is 0 Å². The largest absolute Gasteiger partial charge is 0.678 e. The third-order valence-corrected chi connectivity index (χ3v) is 4.12. The fraction of sp³-hybridized carbons (Fsp3) is 0.188. The number of hydrogen-bond acceptors (Lipinski definition) is 1. The summed E-state index contributed by atoms with van der Waals surface area (Å²) in [5.41, 5.74) is 3.87. The Morgan fingerprint density at radius 3 is 2.50 bits per heavy atom. The molecule has 2 heterocycles. The molecule has 1 aliphatic rings. The van der Waals surface area contributed by atoms with Gasteiger partial charge in [0.2, 0.25) is 0 Å². The maximum absolute atomic E-state index is 13.5. The van der Waals surface area contributed by atoms with Crippen LogP contribution in [0.3, 0.4) is 0 Å². The predicted octanol–water partition coefficient (Wildman–Crippen LogP) is 5.14. The van der Waals surface area contributed by atoms with Crippen LogP contribution in [-0.4, -0.2) is 17.6 Å². The lowest BCUT2D eigenvalue weighted by Gasteiger charge is -2.04. The van der Waals surface area contributed by atoms with Crippen molar-refractivity contribution in [3.8, 4) is 0 Å². The van der Waals surface area contributed by atoms with Crippen LogP contribution < -0.4 is 0 Å². The topological polar surface area (TPSA) is 17.3 Å². The molecule has 6 heteroatoms. The number of aliphatic imine (C=N–C) groups is 1. The summed E-state index contributed by atoms with van der Waals surface area (Å²) in [6.07, 6.45) is 3.60. The van der Waals surface area contributed by atoms with E-state index in [1.54, 1.807) is 6.08 Å². The van der Waals surface area contributed by atoms with Gasteiger partial charge >= 0.3 is 7.40 Å². The minimum Gasteiger partial charge on any atom is -0.315 e. The summed E-state index contributed by atoms with van der Waals surface area (Å²) >= 11 is 6.18. The fourth-order valence-electron chi connectivity index (χ4n) is 2.73. The van der Waals surface area contributed by atoms with E-state index < -0.39 is 7.40 Å². The van der Waals surface area contributed by atoms with Gasteiger partial charge in [0, 0.05) is 22.2 Å². The van der Waals surface area contributed by atoms with Gasteiger partial charge in [-0.2, -0.15) is 0 Å². The number of allylic oxidation sites excluding steroid dienone is 2. The summed E-state index contributed by atoms with van der Waals surface area (Å²) in [6, 6.07) is 5.54. The normalized spacial score (nSPS) is 16.4. The van der Waals surface area contributed by atoms with Crippen LogP contribution in [0.2, 0.25) is 5.15 Å². The fourth-order valence-corrected chi connectivity index (χ4v) is 3.05. The summed E-state index contributed by atoms with van der Waals surface area (Å²) in [6.45, 7) is 5.70. The summed E-state index contributed by atoms with van der Waals surface area (Å²) in [5, 5.41) is 1.39. The molecule has 0 fully saturated rings. The van der Waals surface area contributed by atoms with Crippen LogP contribution in [0.25, 0.3) is 16.8 Å². The first-order valence-electron chi connectivity index (χ1n) is 6.92. The first-order valence-corrected chi connectivity index (χ1v) is 7.30. The zero-order chi connectivity index (χ0) is 16.0. The second-order valence-electron chi connectivity index (χ2n) is 5.48. The number of fused-ring (bicyclic) bond motifs is 1. The molecule has 0 atom stereocenters. The van der Waals surface area contributed by atoms with E-state index in [0.29, 0.717) is 22.2 Å². The molecule has 0 bridgehead atoms. The van der Waals surface area contributed by atoms with Gasteiger partial charge < -0.3 is 4.48 Å². The number of rotatable bonds is 2.